The second-order valence-electron chi connectivity index (χ2n) is 5.55. The molecule has 0 saturated heterocycles. The highest BCUT2D eigenvalue weighted by molar-refractivity contribution is 4.58. The molecule has 17 heavy (non-hydrogen) atoms. The van der Waals surface area contributed by atoms with E-state index in [1.54, 1.807) is 0 Å². The summed E-state index contributed by atoms with van der Waals surface area (Å²) >= 11 is 0. The molecule has 0 bridgehead atoms. The van der Waals surface area contributed by atoms with Crippen molar-refractivity contribution in [2.45, 2.75) is 65.6 Å². The summed E-state index contributed by atoms with van der Waals surface area (Å²) in [6, 6.07) is 0. The van der Waals surface area contributed by atoms with Crippen LogP contribution in [0.15, 0.2) is 0 Å². The van der Waals surface area contributed by atoms with E-state index in [2.05, 4.69) is 34.6 Å². The van der Waals surface area contributed by atoms with Crippen molar-refractivity contribution in [2.24, 2.45) is 0 Å². The molecule has 0 saturated carbocycles. The lowest BCUT2D eigenvalue weighted by molar-refractivity contribution is -0.0144. The largest absolute Gasteiger partial charge is 0.381 e. The van der Waals surface area contributed by atoms with E-state index in [1.165, 1.54) is 0 Å². The topological polar surface area (TPSA) is 27.7 Å². The summed E-state index contributed by atoms with van der Waals surface area (Å²) < 4.78 is 16.6. The van der Waals surface area contributed by atoms with E-state index in [1.807, 2.05) is 0 Å². The fraction of sp³-hybridized carbons (Fsp3) is 1.00. The van der Waals surface area contributed by atoms with E-state index in [0.717, 1.165) is 45.7 Å². The standard InChI is InChI=1S/C14H30O3/c1-13(2)16-11-7-6-9-15-10-8-12-17-14(3,4)5/h13H,6-12H2,1-5H3. The minimum Gasteiger partial charge on any atom is -0.381 e. The first-order chi connectivity index (χ1) is 7.92. The molecule has 0 aromatic carbocycles. The molecular formula is C14H30O3. The molecule has 0 aliphatic carbocycles. The van der Waals surface area contributed by atoms with Gasteiger partial charge in [0, 0.05) is 26.4 Å². The Hall–Kier alpha value is -0.120. The van der Waals surface area contributed by atoms with Crippen LogP contribution in [-0.4, -0.2) is 38.1 Å². The molecule has 0 aromatic rings. The maximum Gasteiger partial charge on any atom is 0.0598 e. The summed E-state index contributed by atoms with van der Waals surface area (Å²) in [4.78, 5) is 0. The predicted octanol–water partition coefficient (Wildman–Crippen LogP) is 3.41. The van der Waals surface area contributed by atoms with Crippen LogP contribution in [0.4, 0.5) is 0 Å². The van der Waals surface area contributed by atoms with Crippen LogP contribution in [0.2, 0.25) is 0 Å². The minimum absolute atomic E-state index is 0.0335. The monoisotopic (exact) mass is 246 g/mol. The average Bonchev–Trinajstić information content (AvgIpc) is 2.18. The molecule has 0 aliphatic heterocycles. The quantitative estimate of drug-likeness (QED) is 0.553. The molecule has 0 atom stereocenters. The molecule has 104 valence electrons. The normalized spacial score (nSPS) is 12.4. The van der Waals surface area contributed by atoms with Crippen LogP contribution in [0.1, 0.15) is 53.9 Å². The van der Waals surface area contributed by atoms with E-state index in [4.69, 9.17) is 14.2 Å². The van der Waals surface area contributed by atoms with E-state index in [-0.39, 0.29) is 5.60 Å². The van der Waals surface area contributed by atoms with Crippen molar-refractivity contribution >= 4 is 0 Å². The van der Waals surface area contributed by atoms with Gasteiger partial charge in [-0.15, -0.1) is 0 Å². The molecule has 0 amide bonds. The summed E-state index contributed by atoms with van der Waals surface area (Å²) in [6.45, 7) is 13.6. The Morgan fingerprint density at radius 1 is 0.824 bits per heavy atom. The SMILES string of the molecule is CC(C)OCCCCOCCCOC(C)(C)C. The van der Waals surface area contributed by atoms with E-state index in [9.17, 15) is 0 Å². The Balaban J connectivity index is 3.04. The van der Waals surface area contributed by atoms with Crippen molar-refractivity contribution in [1.29, 1.82) is 0 Å². The number of unbranched alkanes of at least 4 members (excludes halogenated alkanes) is 1. The Kier molecular flexibility index (Phi) is 9.79. The van der Waals surface area contributed by atoms with Crippen molar-refractivity contribution in [2.75, 3.05) is 26.4 Å². The van der Waals surface area contributed by atoms with Gasteiger partial charge in [0.1, 0.15) is 0 Å². The molecule has 0 unspecified atom stereocenters. The van der Waals surface area contributed by atoms with Gasteiger partial charge in [0.05, 0.1) is 11.7 Å². The van der Waals surface area contributed by atoms with Gasteiger partial charge in [0.15, 0.2) is 0 Å². The molecular weight excluding hydrogens is 216 g/mol. The zero-order chi connectivity index (χ0) is 13.1. The number of ether oxygens (including phenoxy) is 3. The molecule has 0 aromatic heterocycles. The first-order valence-corrected chi connectivity index (χ1v) is 6.75. The highest BCUT2D eigenvalue weighted by atomic mass is 16.5. The van der Waals surface area contributed by atoms with Crippen LogP contribution < -0.4 is 0 Å². The maximum absolute atomic E-state index is 5.60. The van der Waals surface area contributed by atoms with Gasteiger partial charge in [-0.05, 0) is 53.9 Å². The Morgan fingerprint density at radius 2 is 1.41 bits per heavy atom. The average molecular weight is 246 g/mol. The fourth-order valence-electron chi connectivity index (χ4n) is 1.27. The van der Waals surface area contributed by atoms with E-state index in [0.29, 0.717) is 6.10 Å². The van der Waals surface area contributed by atoms with Crippen LogP contribution >= 0.6 is 0 Å². The smallest absolute Gasteiger partial charge is 0.0598 e. The molecule has 3 nitrogen and oxygen atoms in total. The second-order valence-corrected chi connectivity index (χ2v) is 5.55. The Bertz CT molecular complexity index is 161. The third-order valence-corrected chi connectivity index (χ3v) is 2.10. The first-order valence-electron chi connectivity index (χ1n) is 6.75. The zero-order valence-electron chi connectivity index (χ0n) is 12.3. The Labute approximate surface area is 107 Å². The van der Waals surface area contributed by atoms with Crippen LogP contribution in [0, 0.1) is 0 Å². The van der Waals surface area contributed by atoms with Crippen LogP contribution in [0.3, 0.4) is 0 Å². The van der Waals surface area contributed by atoms with Crippen molar-refractivity contribution in [1.82, 2.24) is 0 Å². The highest BCUT2D eigenvalue weighted by Gasteiger charge is 2.08. The molecule has 0 heterocycles. The van der Waals surface area contributed by atoms with Crippen molar-refractivity contribution < 1.29 is 14.2 Å². The van der Waals surface area contributed by atoms with Gasteiger partial charge in [-0.3, -0.25) is 0 Å². The molecule has 0 spiro atoms. The molecule has 0 rings (SSSR count). The number of hydrogen-bond acceptors (Lipinski definition) is 3. The summed E-state index contributed by atoms with van der Waals surface area (Å²) in [5.74, 6) is 0. The second kappa shape index (κ2) is 9.86. The summed E-state index contributed by atoms with van der Waals surface area (Å²) in [5, 5.41) is 0. The van der Waals surface area contributed by atoms with Crippen molar-refractivity contribution in [3.8, 4) is 0 Å². The fourth-order valence-corrected chi connectivity index (χ4v) is 1.27. The first kappa shape index (κ1) is 16.9. The van der Waals surface area contributed by atoms with Gasteiger partial charge in [-0.25, -0.2) is 0 Å². The molecule has 0 aliphatic rings. The lowest BCUT2D eigenvalue weighted by atomic mass is 10.2. The predicted molar refractivity (Wildman–Crippen MR) is 71.5 cm³/mol. The van der Waals surface area contributed by atoms with Crippen molar-refractivity contribution in [3.63, 3.8) is 0 Å². The van der Waals surface area contributed by atoms with Gasteiger partial charge < -0.3 is 14.2 Å². The minimum atomic E-state index is -0.0335. The van der Waals surface area contributed by atoms with Crippen molar-refractivity contribution in [3.05, 3.63) is 0 Å². The number of hydrogen-bond donors (Lipinski definition) is 0. The third-order valence-electron chi connectivity index (χ3n) is 2.10. The summed E-state index contributed by atoms with van der Waals surface area (Å²) in [5.41, 5.74) is -0.0335. The number of rotatable bonds is 10. The van der Waals surface area contributed by atoms with Gasteiger partial charge in [0.2, 0.25) is 0 Å². The molecule has 3 heteroatoms. The van der Waals surface area contributed by atoms with Gasteiger partial charge in [0.25, 0.3) is 0 Å². The van der Waals surface area contributed by atoms with Crippen LogP contribution in [0.25, 0.3) is 0 Å². The molecule has 0 N–H and O–H groups in total. The Morgan fingerprint density at radius 3 is 2.00 bits per heavy atom. The lowest BCUT2D eigenvalue weighted by Gasteiger charge is -2.19. The third kappa shape index (κ3) is 15.9. The highest BCUT2D eigenvalue weighted by Crippen LogP contribution is 2.06. The summed E-state index contributed by atoms with van der Waals surface area (Å²) in [7, 11) is 0. The van der Waals surface area contributed by atoms with E-state index < -0.39 is 0 Å². The van der Waals surface area contributed by atoms with Crippen LogP contribution in [0.5, 0.6) is 0 Å². The zero-order valence-corrected chi connectivity index (χ0v) is 12.3. The van der Waals surface area contributed by atoms with Gasteiger partial charge in [-0.2, -0.15) is 0 Å². The van der Waals surface area contributed by atoms with Gasteiger partial charge in [-0.1, -0.05) is 0 Å². The van der Waals surface area contributed by atoms with E-state index >= 15 is 0 Å². The summed E-state index contributed by atoms with van der Waals surface area (Å²) in [6.07, 6.45) is 3.47. The van der Waals surface area contributed by atoms with Gasteiger partial charge >= 0.3 is 0 Å². The molecule has 0 radical (unpaired) electrons. The maximum atomic E-state index is 5.60. The molecule has 0 fully saturated rings. The lowest BCUT2D eigenvalue weighted by Crippen LogP contribution is -2.20. The van der Waals surface area contributed by atoms with Crippen LogP contribution in [-0.2, 0) is 14.2 Å².